The van der Waals surface area contributed by atoms with Gasteiger partial charge in [0.1, 0.15) is 0 Å². The molecule has 0 fully saturated rings. The Labute approximate surface area is 330 Å². The Hall–Kier alpha value is -4.71. The van der Waals surface area contributed by atoms with Crippen LogP contribution in [0.5, 0.6) is 0 Å². The molecule has 3 nitrogen and oxygen atoms in total. The van der Waals surface area contributed by atoms with E-state index in [2.05, 4.69) is 165 Å². The Morgan fingerprint density at radius 3 is 2.11 bits per heavy atom. The van der Waals surface area contributed by atoms with E-state index >= 15 is 0 Å². The first-order valence-electron chi connectivity index (χ1n) is 17.8. The van der Waals surface area contributed by atoms with Crippen LogP contribution in [0.4, 0.5) is 0 Å². The number of nitrogens with zero attached hydrogens (tertiary/aromatic N) is 3. The van der Waals surface area contributed by atoms with Gasteiger partial charge in [-0.1, -0.05) is 124 Å². The molecule has 0 aliphatic rings. The normalized spacial score (nSPS) is 11.8. The van der Waals surface area contributed by atoms with Gasteiger partial charge in [-0.3, -0.25) is 4.98 Å². The average molecular weight is 900 g/mol. The standard InChI is InChI=1S/C33H25N2S.C14H16NSi.Ir/c1-33(2,3)22-16-18-23(19-17-22)35-28-20-15-21-9-4-5-10-24(21)30(28)34-32(35)27-13-8-12-26-25-11-6-7-14-29(25)36-31(26)27;1-16(2,3)13-9-10-14(15-11-13)12-7-5-4-6-8-12;/h4-12,14-20H,1-3H3;4-7,9-11H,1-3H3;/q2*-1;. The molecule has 0 atom stereocenters. The Morgan fingerprint density at radius 1 is 0.679 bits per heavy atom. The van der Waals surface area contributed by atoms with Gasteiger partial charge in [0.2, 0.25) is 0 Å². The van der Waals surface area contributed by atoms with Gasteiger partial charge in [0.15, 0.2) is 0 Å². The van der Waals surface area contributed by atoms with Crippen LogP contribution >= 0.6 is 11.3 Å². The largest absolute Gasteiger partial charge is 0.333 e. The van der Waals surface area contributed by atoms with Gasteiger partial charge in [-0.2, -0.15) is 11.3 Å². The van der Waals surface area contributed by atoms with Gasteiger partial charge in [0.05, 0.1) is 24.9 Å². The molecular weight excluding hydrogens is 859 g/mol. The van der Waals surface area contributed by atoms with E-state index in [0.717, 1.165) is 39.4 Å². The molecule has 0 unspecified atom stereocenters. The van der Waals surface area contributed by atoms with E-state index in [1.807, 2.05) is 47.9 Å². The zero-order valence-corrected chi connectivity index (χ0v) is 35.1. The summed E-state index contributed by atoms with van der Waals surface area (Å²) in [5, 5.41) is 6.32. The van der Waals surface area contributed by atoms with Crippen molar-refractivity contribution < 1.29 is 20.1 Å². The van der Waals surface area contributed by atoms with Gasteiger partial charge in [-0.25, -0.2) is 0 Å². The third-order valence-electron chi connectivity index (χ3n) is 9.72. The first kappa shape index (κ1) is 36.6. The van der Waals surface area contributed by atoms with Crippen LogP contribution in [-0.2, 0) is 25.5 Å². The molecule has 6 aromatic carbocycles. The summed E-state index contributed by atoms with van der Waals surface area (Å²) in [6.45, 7) is 13.8. The van der Waals surface area contributed by atoms with E-state index in [1.54, 1.807) is 0 Å². The molecule has 0 spiro atoms. The fraction of sp³-hybridized carbons (Fsp3) is 0.149. The van der Waals surface area contributed by atoms with E-state index in [1.165, 1.54) is 41.7 Å². The molecule has 53 heavy (non-hydrogen) atoms. The molecule has 6 heteroatoms. The summed E-state index contributed by atoms with van der Waals surface area (Å²) in [6.07, 6.45) is 2.02. The Morgan fingerprint density at radius 2 is 1.42 bits per heavy atom. The maximum Gasteiger partial charge on any atom is 0.0852 e. The number of hydrogen-bond donors (Lipinski definition) is 0. The van der Waals surface area contributed by atoms with Crippen molar-refractivity contribution >= 4 is 66.6 Å². The summed E-state index contributed by atoms with van der Waals surface area (Å²) in [5.41, 5.74) is 7.78. The number of pyridine rings is 1. The molecule has 265 valence electrons. The van der Waals surface area contributed by atoms with E-state index < -0.39 is 8.07 Å². The quantitative estimate of drug-likeness (QED) is 0.130. The van der Waals surface area contributed by atoms with Crippen LogP contribution in [0.3, 0.4) is 0 Å². The fourth-order valence-electron chi connectivity index (χ4n) is 6.76. The van der Waals surface area contributed by atoms with Gasteiger partial charge in [0.25, 0.3) is 0 Å². The second-order valence-corrected chi connectivity index (χ2v) is 21.5. The molecule has 0 N–H and O–H groups in total. The molecule has 0 saturated carbocycles. The van der Waals surface area contributed by atoms with E-state index in [4.69, 9.17) is 4.98 Å². The number of fused-ring (bicyclic) bond motifs is 6. The second-order valence-electron chi connectivity index (χ2n) is 15.4. The number of benzene rings is 6. The molecule has 1 radical (unpaired) electrons. The average Bonchev–Trinajstić information content (AvgIpc) is 3.74. The molecule has 3 aromatic heterocycles. The van der Waals surface area contributed by atoms with Gasteiger partial charge in [-0.15, -0.1) is 54.1 Å². The Balaban J connectivity index is 0.000000216. The number of thiophene rings is 1. The van der Waals surface area contributed by atoms with E-state index in [-0.39, 0.29) is 25.5 Å². The first-order chi connectivity index (χ1) is 25.1. The predicted octanol–water partition coefficient (Wildman–Crippen LogP) is 12.4. The van der Waals surface area contributed by atoms with E-state index in [9.17, 15) is 0 Å². The van der Waals surface area contributed by atoms with Crippen LogP contribution in [0.1, 0.15) is 26.3 Å². The third kappa shape index (κ3) is 7.17. The number of imidazole rings is 1. The van der Waals surface area contributed by atoms with Crippen molar-refractivity contribution in [3.63, 3.8) is 0 Å². The summed E-state index contributed by atoms with van der Waals surface area (Å²) in [4.78, 5) is 9.84. The fourth-order valence-corrected chi connectivity index (χ4v) is 8.99. The van der Waals surface area contributed by atoms with Gasteiger partial charge >= 0.3 is 0 Å². The maximum absolute atomic E-state index is 5.32. The van der Waals surface area contributed by atoms with Crippen LogP contribution < -0.4 is 5.19 Å². The number of hydrogen-bond acceptors (Lipinski definition) is 3. The van der Waals surface area contributed by atoms with Crippen LogP contribution in [0.15, 0.2) is 140 Å². The van der Waals surface area contributed by atoms with E-state index in [0.29, 0.717) is 0 Å². The monoisotopic (exact) mass is 900 g/mol. The summed E-state index contributed by atoms with van der Waals surface area (Å²) in [7, 11) is -1.23. The summed E-state index contributed by atoms with van der Waals surface area (Å²) in [6, 6.07) is 53.7. The molecule has 0 aliphatic heterocycles. The zero-order chi connectivity index (χ0) is 36.0. The maximum atomic E-state index is 5.32. The van der Waals surface area contributed by atoms with Crippen molar-refractivity contribution in [1.82, 2.24) is 14.5 Å². The summed E-state index contributed by atoms with van der Waals surface area (Å²) in [5.74, 6) is 0.932. The molecular formula is C47H41IrN3SSi-2. The van der Waals surface area contributed by atoms with Crippen molar-refractivity contribution in [2.45, 2.75) is 45.8 Å². The van der Waals surface area contributed by atoms with Crippen LogP contribution in [0, 0.1) is 12.1 Å². The topological polar surface area (TPSA) is 30.7 Å². The van der Waals surface area contributed by atoms with Crippen molar-refractivity contribution in [3.8, 4) is 28.3 Å². The molecule has 0 aliphatic carbocycles. The predicted molar refractivity (Wildman–Crippen MR) is 226 cm³/mol. The minimum absolute atomic E-state index is 0. The van der Waals surface area contributed by atoms with Crippen LogP contribution in [0.25, 0.3) is 70.3 Å². The molecule has 3 heterocycles. The summed E-state index contributed by atoms with van der Waals surface area (Å²) >= 11 is 1.82. The number of aromatic nitrogens is 3. The van der Waals surface area contributed by atoms with Crippen molar-refractivity contribution in [1.29, 1.82) is 0 Å². The second kappa shape index (κ2) is 14.6. The Kier molecular flexibility index (Phi) is 10.1. The minimum atomic E-state index is -1.23. The van der Waals surface area contributed by atoms with Crippen molar-refractivity contribution in [3.05, 3.63) is 157 Å². The molecule has 0 bridgehead atoms. The Bertz CT molecular complexity index is 2680. The van der Waals surface area contributed by atoms with Crippen molar-refractivity contribution in [2.75, 3.05) is 0 Å². The SMILES string of the molecule is CC(C)(C)c1ccc(-n2c(-c3[c-]ccc4c3sc3ccccc34)nc3c4ccccc4ccc32)cc1.C[Si](C)(C)c1ccc(-c2[c-]cccc2)nc1.[Ir]. The minimum Gasteiger partial charge on any atom is -0.333 e. The van der Waals surface area contributed by atoms with Crippen LogP contribution in [-0.4, -0.2) is 22.6 Å². The van der Waals surface area contributed by atoms with Crippen molar-refractivity contribution in [2.24, 2.45) is 0 Å². The summed E-state index contributed by atoms with van der Waals surface area (Å²) < 4.78 is 4.83. The molecule has 9 aromatic rings. The van der Waals surface area contributed by atoms with Gasteiger partial charge in [-0.05, 0) is 61.6 Å². The first-order valence-corrected chi connectivity index (χ1v) is 22.1. The third-order valence-corrected chi connectivity index (χ3v) is 12.9. The molecule has 0 amide bonds. The van der Waals surface area contributed by atoms with Crippen LogP contribution in [0.2, 0.25) is 19.6 Å². The molecule has 9 rings (SSSR count). The zero-order valence-electron chi connectivity index (χ0n) is 30.9. The molecule has 0 saturated heterocycles. The smallest absolute Gasteiger partial charge is 0.0852 e. The van der Waals surface area contributed by atoms with Gasteiger partial charge in [0, 0.05) is 42.1 Å². The number of rotatable bonds is 4. The van der Waals surface area contributed by atoms with Gasteiger partial charge < -0.3 is 9.55 Å².